The first-order valence-electron chi connectivity index (χ1n) is 8.86. The highest BCUT2D eigenvalue weighted by Crippen LogP contribution is 2.41. The number of hydrogen-bond acceptors (Lipinski definition) is 2. The average Bonchev–Trinajstić information content (AvgIpc) is 3.47. The Balaban J connectivity index is 1.43. The lowest BCUT2D eigenvalue weighted by Gasteiger charge is -2.19. The molecular weight excluding hydrogens is 413 g/mol. The Kier molecular flexibility index (Phi) is 6.45. The van der Waals surface area contributed by atoms with Gasteiger partial charge < -0.3 is 16.0 Å². The maximum Gasteiger partial charge on any atom is 0.319 e. The van der Waals surface area contributed by atoms with Crippen LogP contribution in [0.1, 0.15) is 30.9 Å². The van der Waals surface area contributed by atoms with Crippen molar-refractivity contribution in [1.29, 1.82) is 0 Å². The molecule has 1 unspecified atom stereocenters. The van der Waals surface area contributed by atoms with E-state index in [1.807, 2.05) is 12.1 Å². The Bertz CT molecular complexity index is 792. The molecule has 7 heteroatoms. The van der Waals surface area contributed by atoms with Crippen LogP contribution in [0.25, 0.3) is 0 Å². The van der Waals surface area contributed by atoms with Gasteiger partial charge in [-0.2, -0.15) is 0 Å². The highest BCUT2D eigenvalue weighted by Gasteiger charge is 2.33. The lowest BCUT2D eigenvalue weighted by Crippen LogP contribution is -2.35. The summed E-state index contributed by atoms with van der Waals surface area (Å²) in [5.74, 6) is -0.0335. The summed E-state index contributed by atoms with van der Waals surface area (Å²) in [4.78, 5) is 24.1. The van der Waals surface area contributed by atoms with Crippen molar-refractivity contribution in [2.24, 2.45) is 5.92 Å². The number of amides is 3. The number of nitrogens with one attached hydrogen (secondary N) is 3. The molecular formula is C20H21BrFN3O2. The van der Waals surface area contributed by atoms with E-state index in [2.05, 4.69) is 31.9 Å². The fourth-order valence-electron chi connectivity index (χ4n) is 2.82. The highest BCUT2D eigenvalue weighted by molar-refractivity contribution is 9.10. The van der Waals surface area contributed by atoms with Crippen LogP contribution in [-0.2, 0) is 4.79 Å². The lowest BCUT2D eigenvalue weighted by atomic mass is 10.0. The van der Waals surface area contributed by atoms with Gasteiger partial charge in [0.2, 0.25) is 5.91 Å². The lowest BCUT2D eigenvalue weighted by molar-refractivity contribution is -0.121. The zero-order chi connectivity index (χ0) is 19.2. The van der Waals surface area contributed by atoms with Crippen molar-refractivity contribution >= 4 is 33.6 Å². The summed E-state index contributed by atoms with van der Waals surface area (Å²) < 4.78 is 14.0. The van der Waals surface area contributed by atoms with E-state index in [1.54, 1.807) is 24.3 Å². The van der Waals surface area contributed by atoms with Gasteiger partial charge in [-0.05, 0) is 60.7 Å². The predicted octanol–water partition coefficient (Wildman–Crippen LogP) is 4.37. The largest absolute Gasteiger partial charge is 0.349 e. The minimum atomic E-state index is -0.359. The number of halogens is 2. The molecule has 0 saturated heterocycles. The Morgan fingerprint density at radius 3 is 2.37 bits per heavy atom. The van der Waals surface area contributed by atoms with Gasteiger partial charge in [-0.1, -0.05) is 28.1 Å². The second kappa shape index (κ2) is 8.99. The number of anilines is 1. The van der Waals surface area contributed by atoms with Crippen LogP contribution in [0.3, 0.4) is 0 Å². The SMILES string of the molecule is O=C(CCNC(=O)Nc1ccc(Br)cc1)NC(c1ccc(F)cc1)C1CC1. The number of urea groups is 1. The molecule has 3 rings (SSSR count). The fraction of sp³-hybridized carbons (Fsp3) is 0.300. The molecule has 5 nitrogen and oxygen atoms in total. The molecule has 2 aromatic carbocycles. The summed E-state index contributed by atoms with van der Waals surface area (Å²) in [7, 11) is 0. The van der Waals surface area contributed by atoms with Crippen molar-refractivity contribution in [2.45, 2.75) is 25.3 Å². The Morgan fingerprint density at radius 2 is 1.74 bits per heavy atom. The Morgan fingerprint density at radius 1 is 1.07 bits per heavy atom. The molecule has 0 aliphatic heterocycles. The highest BCUT2D eigenvalue weighted by atomic mass is 79.9. The van der Waals surface area contributed by atoms with Gasteiger partial charge in [0.15, 0.2) is 0 Å². The van der Waals surface area contributed by atoms with E-state index in [0.717, 1.165) is 22.9 Å². The van der Waals surface area contributed by atoms with Crippen molar-refractivity contribution in [3.8, 4) is 0 Å². The smallest absolute Gasteiger partial charge is 0.319 e. The first-order chi connectivity index (χ1) is 13.0. The zero-order valence-electron chi connectivity index (χ0n) is 14.7. The summed E-state index contributed by atoms with van der Waals surface area (Å²) >= 11 is 3.33. The molecule has 3 amide bonds. The number of carbonyl (C=O) groups excluding carboxylic acids is 2. The van der Waals surface area contributed by atoms with Crippen molar-refractivity contribution < 1.29 is 14.0 Å². The van der Waals surface area contributed by atoms with E-state index in [0.29, 0.717) is 11.6 Å². The summed E-state index contributed by atoms with van der Waals surface area (Å²) in [6.45, 7) is 0.231. The standard InChI is InChI=1S/C20H21BrFN3O2/c21-15-5-9-17(10-6-15)24-20(27)23-12-11-18(26)25-19(13-1-2-13)14-3-7-16(22)8-4-14/h3-10,13,19H,1-2,11-12H2,(H,25,26)(H2,23,24,27). The van der Waals surface area contributed by atoms with E-state index >= 15 is 0 Å². The first-order valence-corrected chi connectivity index (χ1v) is 9.66. The predicted molar refractivity (Wildman–Crippen MR) is 106 cm³/mol. The van der Waals surface area contributed by atoms with Crippen molar-refractivity contribution in [1.82, 2.24) is 10.6 Å². The molecule has 1 aliphatic rings. The van der Waals surface area contributed by atoms with Crippen molar-refractivity contribution in [2.75, 3.05) is 11.9 Å². The quantitative estimate of drug-likeness (QED) is 0.606. The fourth-order valence-corrected chi connectivity index (χ4v) is 3.08. The van der Waals surface area contributed by atoms with Gasteiger partial charge >= 0.3 is 6.03 Å². The van der Waals surface area contributed by atoms with Crippen LogP contribution in [0.2, 0.25) is 0 Å². The van der Waals surface area contributed by atoms with Crippen LogP contribution in [0.5, 0.6) is 0 Å². The first kappa shape index (κ1) is 19.4. The zero-order valence-corrected chi connectivity index (χ0v) is 16.3. The van der Waals surface area contributed by atoms with Crippen LogP contribution < -0.4 is 16.0 Å². The second-order valence-corrected chi connectivity index (χ2v) is 7.49. The molecule has 0 aromatic heterocycles. The summed E-state index contributed by atoms with van der Waals surface area (Å²) in [6.07, 6.45) is 2.28. The number of hydrogen-bond donors (Lipinski definition) is 3. The monoisotopic (exact) mass is 433 g/mol. The van der Waals surface area contributed by atoms with Crippen LogP contribution >= 0.6 is 15.9 Å². The van der Waals surface area contributed by atoms with E-state index in [1.165, 1.54) is 12.1 Å². The van der Waals surface area contributed by atoms with Crippen LogP contribution in [0.4, 0.5) is 14.9 Å². The van der Waals surface area contributed by atoms with E-state index in [-0.39, 0.29) is 36.8 Å². The van der Waals surface area contributed by atoms with Crippen molar-refractivity contribution in [3.63, 3.8) is 0 Å². The third kappa shape index (κ3) is 6.06. The second-order valence-electron chi connectivity index (χ2n) is 6.57. The Hall–Kier alpha value is -2.41. The third-order valence-electron chi connectivity index (χ3n) is 4.38. The molecule has 0 radical (unpaired) electrons. The third-order valence-corrected chi connectivity index (χ3v) is 4.91. The molecule has 1 fully saturated rings. The van der Waals surface area contributed by atoms with Gasteiger partial charge in [0.1, 0.15) is 5.82 Å². The molecule has 1 saturated carbocycles. The normalized spacial score (nSPS) is 14.3. The van der Waals surface area contributed by atoms with Crippen LogP contribution in [-0.4, -0.2) is 18.5 Å². The minimum absolute atomic E-state index is 0.102. The van der Waals surface area contributed by atoms with Crippen LogP contribution in [0.15, 0.2) is 53.0 Å². The van der Waals surface area contributed by atoms with Gasteiger partial charge in [0.05, 0.1) is 6.04 Å². The van der Waals surface area contributed by atoms with Gasteiger partial charge in [-0.15, -0.1) is 0 Å². The maximum absolute atomic E-state index is 13.1. The minimum Gasteiger partial charge on any atom is -0.349 e. The summed E-state index contributed by atoms with van der Waals surface area (Å²) in [5.41, 5.74) is 1.58. The average molecular weight is 434 g/mol. The summed E-state index contributed by atoms with van der Waals surface area (Å²) in [5, 5.41) is 8.38. The number of rotatable bonds is 7. The molecule has 2 aromatic rings. The van der Waals surface area contributed by atoms with Gasteiger partial charge in [-0.25, -0.2) is 9.18 Å². The van der Waals surface area contributed by atoms with Gasteiger partial charge in [0, 0.05) is 23.1 Å². The van der Waals surface area contributed by atoms with Gasteiger partial charge in [0.25, 0.3) is 0 Å². The molecule has 0 spiro atoms. The number of carbonyl (C=O) groups is 2. The van der Waals surface area contributed by atoms with E-state index in [4.69, 9.17) is 0 Å². The molecule has 27 heavy (non-hydrogen) atoms. The molecule has 0 bridgehead atoms. The molecule has 0 heterocycles. The molecule has 142 valence electrons. The summed E-state index contributed by atoms with van der Waals surface area (Å²) in [6, 6.07) is 13.0. The number of benzene rings is 2. The maximum atomic E-state index is 13.1. The molecule has 1 atom stereocenters. The van der Waals surface area contributed by atoms with Gasteiger partial charge in [-0.3, -0.25) is 4.79 Å². The van der Waals surface area contributed by atoms with E-state index in [9.17, 15) is 14.0 Å². The molecule has 3 N–H and O–H groups in total. The van der Waals surface area contributed by atoms with E-state index < -0.39 is 0 Å². The van der Waals surface area contributed by atoms with Crippen LogP contribution in [0, 0.1) is 11.7 Å². The van der Waals surface area contributed by atoms with Crippen molar-refractivity contribution in [3.05, 3.63) is 64.4 Å². The molecule has 1 aliphatic carbocycles. The topological polar surface area (TPSA) is 70.2 Å². The Labute approximate surface area is 165 Å².